The molecular weight excluding hydrogens is 220 g/mol. The van der Waals surface area contributed by atoms with E-state index in [-0.39, 0.29) is 6.04 Å². The Hall–Kier alpha value is -0.650. The molecule has 0 bridgehead atoms. The maximum atomic E-state index is 5.60. The zero-order valence-electron chi connectivity index (χ0n) is 9.30. The lowest BCUT2D eigenvalue weighted by Gasteiger charge is -2.25. The molecule has 1 unspecified atom stereocenters. The van der Waals surface area contributed by atoms with E-state index in [1.807, 2.05) is 11.8 Å². The Morgan fingerprint density at radius 2 is 2.25 bits per heavy atom. The minimum atomic E-state index is 0.141. The Kier molecular flexibility index (Phi) is 4.56. The molecule has 1 aliphatic heterocycles. The van der Waals surface area contributed by atoms with Crippen molar-refractivity contribution in [2.24, 2.45) is 11.8 Å². The van der Waals surface area contributed by atoms with Gasteiger partial charge >= 0.3 is 0 Å². The number of nitrogens with zero attached hydrogens (tertiary/aromatic N) is 2. The van der Waals surface area contributed by atoms with Gasteiger partial charge < -0.3 is 0 Å². The van der Waals surface area contributed by atoms with Gasteiger partial charge in [0.1, 0.15) is 0 Å². The molecule has 88 valence electrons. The van der Waals surface area contributed by atoms with Crippen LogP contribution in [0.4, 0.5) is 0 Å². The van der Waals surface area contributed by atoms with Gasteiger partial charge in [-0.15, -0.1) is 0 Å². The molecule has 4 nitrogen and oxygen atoms in total. The van der Waals surface area contributed by atoms with Gasteiger partial charge in [0.2, 0.25) is 0 Å². The van der Waals surface area contributed by atoms with Crippen LogP contribution in [0.5, 0.6) is 0 Å². The normalized spacial score (nSPS) is 19.6. The van der Waals surface area contributed by atoms with Crippen LogP contribution >= 0.6 is 11.8 Å². The van der Waals surface area contributed by atoms with Crippen LogP contribution < -0.4 is 11.3 Å². The van der Waals surface area contributed by atoms with Gasteiger partial charge in [0, 0.05) is 12.4 Å². The molecule has 0 spiro atoms. The molecule has 16 heavy (non-hydrogen) atoms. The first-order valence-electron chi connectivity index (χ1n) is 5.70. The van der Waals surface area contributed by atoms with Gasteiger partial charge in [-0.1, -0.05) is 0 Å². The third kappa shape index (κ3) is 3.17. The van der Waals surface area contributed by atoms with Crippen molar-refractivity contribution in [3.63, 3.8) is 0 Å². The van der Waals surface area contributed by atoms with Gasteiger partial charge in [0.05, 0.1) is 17.9 Å². The number of aromatic nitrogens is 2. The Balaban J connectivity index is 1.94. The van der Waals surface area contributed by atoms with Crippen molar-refractivity contribution in [3.8, 4) is 0 Å². The van der Waals surface area contributed by atoms with E-state index in [0.717, 1.165) is 18.0 Å². The van der Waals surface area contributed by atoms with Crippen molar-refractivity contribution < 1.29 is 0 Å². The van der Waals surface area contributed by atoms with E-state index >= 15 is 0 Å². The molecule has 5 heteroatoms. The van der Waals surface area contributed by atoms with Crippen molar-refractivity contribution >= 4 is 11.8 Å². The number of hydrazine groups is 1. The first-order valence-corrected chi connectivity index (χ1v) is 6.85. The molecule has 1 aromatic rings. The minimum Gasteiger partial charge on any atom is -0.271 e. The van der Waals surface area contributed by atoms with Crippen molar-refractivity contribution in [1.82, 2.24) is 15.4 Å². The van der Waals surface area contributed by atoms with E-state index in [4.69, 9.17) is 5.84 Å². The summed E-state index contributed by atoms with van der Waals surface area (Å²) in [5.74, 6) is 8.93. The minimum absolute atomic E-state index is 0.141. The monoisotopic (exact) mass is 238 g/mol. The number of hydrogen-bond donors (Lipinski definition) is 2. The molecule has 0 saturated carbocycles. The van der Waals surface area contributed by atoms with Crippen molar-refractivity contribution in [2.75, 3.05) is 11.5 Å². The van der Waals surface area contributed by atoms with Gasteiger partial charge in [-0.3, -0.25) is 21.2 Å². The molecule has 1 fully saturated rings. The summed E-state index contributed by atoms with van der Waals surface area (Å²) >= 11 is 2.05. The van der Waals surface area contributed by atoms with E-state index in [2.05, 4.69) is 15.4 Å². The molecule has 2 heterocycles. The Morgan fingerprint density at radius 3 is 2.88 bits per heavy atom. The lowest BCUT2D eigenvalue weighted by molar-refractivity contribution is 0.368. The number of rotatable bonds is 4. The third-order valence-corrected chi connectivity index (χ3v) is 4.10. The number of nitrogens with two attached hydrogens (primary N) is 1. The van der Waals surface area contributed by atoms with Crippen LogP contribution in [-0.2, 0) is 0 Å². The number of hydrogen-bond acceptors (Lipinski definition) is 5. The molecule has 1 atom stereocenters. The zero-order chi connectivity index (χ0) is 11.2. The van der Waals surface area contributed by atoms with E-state index in [1.165, 1.54) is 24.3 Å². The van der Waals surface area contributed by atoms with Crippen LogP contribution in [0.1, 0.15) is 31.0 Å². The Labute approximate surface area is 100 Å². The quantitative estimate of drug-likeness (QED) is 0.615. The molecule has 0 amide bonds. The second kappa shape index (κ2) is 6.18. The topological polar surface area (TPSA) is 63.8 Å². The summed E-state index contributed by atoms with van der Waals surface area (Å²) in [6.07, 6.45) is 8.86. The van der Waals surface area contributed by atoms with Gasteiger partial charge in [0.15, 0.2) is 0 Å². The smallest absolute Gasteiger partial charge is 0.0769 e. The van der Waals surface area contributed by atoms with Crippen LogP contribution in [0.2, 0.25) is 0 Å². The SMILES string of the molecule is NNC(CC1CCSCC1)c1cnccn1. The van der Waals surface area contributed by atoms with E-state index in [1.54, 1.807) is 18.6 Å². The molecule has 1 saturated heterocycles. The van der Waals surface area contributed by atoms with Crippen molar-refractivity contribution in [3.05, 3.63) is 24.3 Å². The lowest BCUT2D eigenvalue weighted by atomic mass is 9.93. The molecular formula is C11H18N4S. The largest absolute Gasteiger partial charge is 0.271 e. The average Bonchev–Trinajstić information content (AvgIpc) is 2.38. The molecule has 0 aliphatic carbocycles. The van der Waals surface area contributed by atoms with E-state index in [9.17, 15) is 0 Å². The van der Waals surface area contributed by atoms with Crippen LogP contribution in [0.25, 0.3) is 0 Å². The first-order chi connectivity index (χ1) is 7.90. The highest BCUT2D eigenvalue weighted by Crippen LogP contribution is 2.29. The molecule has 0 radical (unpaired) electrons. The summed E-state index contributed by atoms with van der Waals surface area (Å²) in [6, 6.07) is 0.141. The molecule has 3 N–H and O–H groups in total. The standard InChI is InChI=1S/C11H18N4S/c12-15-10(11-8-13-3-4-14-11)7-9-1-5-16-6-2-9/h3-4,8-10,15H,1-2,5-7,12H2. The van der Waals surface area contributed by atoms with Gasteiger partial charge in [-0.2, -0.15) is 11.8 Å². The average molecular weight is 238 g/mol. The van der Waals surface area contributed by atoms with Crippen molar-refractivity contribution in [2.45, 2.75) is 25.3 Å². The summed E-state index contributed by atoms with van der Waals surface area (Å²) in [5, 5.41) is 0. The fourth-order valence-electron chi connectivity index (χ4n) is 2.08. The van der Waals surface area contributed by atoms with Crippen LogP contribution in [-0.4, -0.2) is 21.5 Å². The molecule has 2 rings (SSSR count). The van der Waals surface area contributed by atoms with Gasteiger partial charge in [-0.05, 0) is 36.7 Å². The van der Waals surface area contributed by atoms with Gasteiger partial charge in [0.25, 0.3) is 0 Å². The molecule has 1 aliphatic rings. The fraction of sp³-hybridized carbons (Fsp3) is 0.636. The summed E-state index contributed by atoms with van der Waals surface area (Å²) in [4.78, 5) is 8.39. The summed E-state index contributed by atoms with van der Waals surface area (Å²) in [7, 11) is 0. The number of thioether (sulfide) groups is 1. The third-order valence-electron chi connectivity index (χ3n) is 3.05. The summed E-state index contributed by atoms with van der Waals surface area (Å²) in [5.41, 5.74) is 3.80. The predicted molar refractivity (Wildman–Crippen MR) is 66.8 cm³/mol. The fourth-order valence-corrected chi connectivity index (χ4v) is 3.28. The van der Waals surface area contributed by atoms with E-state index in [0.29, 0.717) is 0 Å². The van der Waals surface area contributed by atoms with E-state index < -0.39 is 0 Å². The Bertz CT molecular complexity index is 300. The van der Waals surface area contributed by atoms with Crippen LogP contribution in [0, 0.1) is 5.92 Å². The van der Waals surface area contributed by atoms with Crippen LogP contribution in [0.15, 0.2) is 18.6 Å². The second-order valence-corrected chi connectivity index (χ2v) is 5.37. The summed E-state index contributed by atoms with van der Waals surface area (Å²) < 4.78 is 0. The highest BCUT2D eigenvalue weighted by atomic mass is 32.2. The maximum absolute atomic E-state index is 5.60. The highest BCUT2D eigenvalue weighted by Gasteiger charge is 2.20. The van der Waals surface area contributed by atoms with Gasteiger partial charge in [-0.25, -0.2) is 0 Å². The van der Waals surface area contributed by atoms with Crippen molar-refractivity contribution in [1.29, 1.82) is 0 Å². The lowest BCUT2D eigenvalue weighted by Crippen LogP contribution is -2.31. The predicted octanol–water partition coefficient (Wildman–Crippen LogP) is 1.51. The Morgan fingerprint density at radius 1 is 1.44 bits per heavy atom. The number of nitrogens with one attached hydrogen (secondary N) is 1. The maximum Gasteiger partial charge on any atom is 0.0769 e. The second-order valence-electron chi connectivity index (χ2n) is 4.14. The molecule has 0 aromatic carbocycles. The summed E-state index contributed by atoms with van der Waals surface area (Å²) in [6.45, 7) is 0. The first kappa shape index (κ1) is 11.8. The molecule has 1 aromatic heterocycles. The zero-order valence-corrected chi connectivity index (χ0v) is 10.1. The highest BCUT2D eigenvalue weighted by molar-refractivity contribution is 7.99. The van der Waals surface area contributed by atoms with Crippen LogP contribution in [0.3, 0.4) is 0 Å².